The predicted octanol–water partition coefficient (Wildman–Crippen LogP) is 1.92. The lowest BCUT2D eigenvalue weighted by molar-refractivity contribution is 0.616. The third-order valence-electron chi connectivity index (χ3n) is 3.77. The van der Waals surface area contributed by atoms with E-state index < -0.39 is 0 Å². The van der Waals surface area contributed by atoms with Gasteiger partial charge < -0.3 is 11.1 Å². The maximum Gasteiger partial charge on any atom is 0.188 e. The highest BCUT2D eigenvalue weighted by Gasteiger charge is 2.44. The number of guanidine groups is 1. The SMILES string of the molecule is NC(=NCC1(c2cccc(F)c2)CC1)NC1CC1. The number of nitrogens with one attached hydrogen (secondary N) is 1. The van der Waals surface area contributed by atoms with E-state index >= 15 is 0 Å². The van der Waals surface area contributed by atoms with Crippen LogP contribution in [0.4, 0.5) is 4.39 Å². The van der Waals surface area contributed by atoms with Crippen molar-refractivity contribution in [2.45, 2.75) is 37.1 Å². The average molecular weight is 247 g/mol. The molecule has 4 heteroatoms. The predicted molar refractivity (Wildman–Crippen MR) is 70.0 cm³/mol. The van der Waals surface area contributed by atoms with E-state index in [9.17, 15) is 4.39 Å². The van der Waals surface area contributed by atoms with Crippen LogP contribution in [0, 0.1) is 5.82 Å². The van der Waals surface area contributed by atoms with Gasteiger partial charge in [-0.25, -0.2) is 4.39 Å². The summed E-state index contributed by atoms with van der Waals surface area (Å²) in [6, 6.07) is 7.37. The molecule has 2 fully saturated rings. The summed E-state index contributed by atoms with van der Waals surface area (Å²) in [5, 5.41) is 3.17. The molecule has 96 valence electrons. The van der Waals surface area contributed by atoms with Gasteiger partial charge in [-0.05, 0) is 43.4 Å². The van der Waals surface area contributed by atoms with Gasteiger partial charge in [0.15, 0.2) is 5.96 Å². The van der Waals surface area contributed by atoms with Gasteiger partial charge in [0.25, 0.3) is 0 Å². The number of rotatable bonds is 4. The second-order valence-corrected chi connectivity index (χ2v) is 5.41. The Kier molecular flexibility index (Phi) is 2.73. The molecule has 3 N–H and O–H groups in total. The van der Waals surface area contributed by atoms with Gasteiger partial charge >= 0.3 is 0 Å². The van der Waals surface area contributed by atoms with Gasteiger partial charge in [0.1, 0.15) is 5.82 Å². The molecule has 3 nitrogen and oxygen atoms in total. The van der Waals surface area contributed by atoms with E-state index in [0.717, 1.165) is 18.4 Å². The first-order valence-electron chi connectivity index (χ1n) is 6.50. The van der Waals surface area contributed by atoms with Crippen LogP contribution < -0.4 is 11.1 Å². The van der Waals surface area contributed by atoms with Gasteiger partial charge in [-0.3, -0.25) is 4.99 Å². The topological polar surface area (TPSA) is 50.4 Å². The van der Waals surface area contributed by atoms with Crippen molar-refractivity contribution in [2.75, 3.05) is 6.54 Å². The molecule has 0 bridgehead atoms. The fourth-order valence-electron chi connectivity index (χ4n) is 2.23. The Labute approximate surface area is 106 Å². The molecule has 0 aliphatic heterocycles. The number of hydrogen-bond donors (Lipinski definition) is 2. The van der Waals surface area contributed by atoms with Crippen LogP contribution >= 0.6 is 0 Å². The quantitative estimate of drug-likeness (QED) is 0.631. The van der Waals surface area contributed by atoms with E-state index in [1.807, 2.05) is 6.07 Å². The van der Waals surface area contributed by atoms with E-state index in [1.165, 1.54) is 18.9 Å². The van der Waals surface area contributed by atoms with Crippen LogP contribution in [0.3, 0.4) is 0 Å². The second-order valence-electron chi connectivity index (χ2n) is 5.41. The summed E-state index contributed by atoms with van der Waals surface area (Å²) in [4.78, 5) is 4.41. The summed E-state index contributed by atoms with van der Waals surface area (Å²) < 4.78 is 13.2. The van der Waals surface area contributed by atoms with Crippen LogP contribution in [0.25, 0.3) is 0 Å². The van der Waals surface area contributed by atoms with Gasteiger partial charge in [-0.2, -0.15) is 0 Å². The standard InChI is InChI=1S/C14H18FN3/c15-11-3-1-2-10(8-11)14(6-7-14)9-17-13(16)18-12-4-5-12/h1-3,8,12H,4-7,9H2,(H3,16,17,18). The van der Waals surface area contributed by atoms with Gasteiger partial charge in [0, 0.05) is 11.5 Å². The summed E-state index contributed by atoms with van der Waals surface area (Å²) in [6.07, 6.45) is 4.50. The molecule has 0 aromatic heterocycles. The van der Waals surface area contributed by atoms with Crippen LogP contribution in [0.15, 0.2) is 29.3 Å². The first-order chi connectivity index (χ1) is 8.68. The highest BCUT2D eigenvalue weighted by atomic mass is 19.1. The molecular formula is C14H18FN3. The van der Waals surface area contributed by atoms with Crippen LogP contribution in [-0.2, 0) is 5.41 Å². The lowest BCUT2D eigenvalue weighted by Gasteiger charge is -2.13. The van der Waals surface area contributed by atoms with Crippen LogP contribution in [0.1, 0.15) is 31.2 Å². The fraction of sp³-hybridized carbons (Fsp3) is 0.500. The Morgan fingerprint density at radius 2 is 2.22 bits per heavy atom. The van der Waals surface area contributed by atoms with E-state index in [-0.39, 0.29) is 11.2 Å². The minimum absolute atomic E-state index is 0.0257. The summed E-state index contributed by atoms with van der Waals surface area (Å²) in [5.41, 5.74) is 6.89. The molecule has 1 aromatic rings. The zero-order valence-corrected chi connectivity index (χ0v) is 10.3. The van der Waals surface area contributed by atoms with Gasteiger partial charge in [-0.1, -0.05) is 12.1 Å². The molecule has 0 atom stereocenters. The molecule has 18 heavy (non-hydrogen) atoms. The molecule has 0 heterocycles. The van der Waals surface area contributed by atoms with Crippen molar-refractivity contribution in [2.24, 2.45) is 10.7 Å². The molecule has 2 saturated carbocycles. The number of hydrogen-bond acceptors (Lipinski definition) is 1. The molecule has 1 aromatic carbocycles. The summed E-state index contributed by atoms with van der Waals surface area (Å²) in [6.45, 7) is 0.655. The molecule has 0 saturated heterocycles. The highest BCUT2D eigenvalue weighted by molar-refractivity contribution is 5.78. The summed E-state index contributed by atoms with van der Waals surface area (Å²) in [5.74, 6) is 0.354. The maximum absolute atomic E-state index is 13.2. The highest BCUT2D eigenvalue weighted by Crippen LogP contribution is 2.48. The number of nitrogens with two attached hydrogens (primary N) is 1. The van der Waals surface area contributed by atoms with E-state index in [1.54, 1.807) is 12.1 Å². The Morgan fingerprint density at radius 3 is 2.83 bits per heavy atom. The summed E-state index contributed by atoms with van der Waals surface area (Å²) in [7, 11) is 0. The fourth-order valence-corrected chi connectivity index (χ4v) is 2.23. The minimum atomic E-state index is -0.174. The number of halogens is 1. The number of benzene rings is 1. The molecule has 2 aliphatic rings. The van der Waals surface area contributed by atoms with Crippen LogP contribution in [-0.4, -0.2) is 18.5 Å². The Balaban J connectivity index is 1.67. The molecule has 0 spiro atoms. The lowest BCUT2D eigenvalue weighted by atomic mass is 9.96. The zero-order chi connectivity index (χ0) is 12.6. The van der Waals surface area contributed by atoms with Crippen molar-refractivity contribution in [3.8, 4) is 0 Å². The van der Waals surface area contributed by atoms with Crippen molar-refractivity contribution in [3.05, 3.63) is 35.6 Å². The minimum Gasteiger partial charge on any atom is -0.370 e. The molecule has 0 unspecified atom stereocenters. The Bertz CT molecular complexity index is 476. The number of aliphatic imine (C=N–C) groups is 1. The zero-order valence-electron chi connectivity index (χ0n) is 10.3. The third kappa shape index (κ3) is 2.47. The first kappa shape index (κ1) is 11.5. The molecule has 0 radical (unpaired) electrons. The van der Waals surface area contributed by atoms with Crippen molar-refractivity contribution < 1.29 is 4.39 Å². The lowest BCUT2D eigenvalue weighted by Crippen LogP contribution is -2.34. The molecule has 2 aliphatic carbocycles. The van der Waals surface area contributed by atoms with Crippen LogP contribution in [0.2, 0.25) is 0 Å². The monoisotopic (exact) mass is 247 g/mol. The average Bonchev–Trinajstić information content (AvgIpc) is 3.23. The summed E-state index contributed by atoms with van der Waals surface area (Å²) >= 11 is 0. The van der Waals surface area contributed by atoms with E-state index in [0.29, 0.717) is 18.5 Å². The van der Waals surface area contributed by atoms with Crippen LogP contribution in [0.5, 0.6) is 0 Å². The first-order valence-corrected chi connectivity index (χ1v) is 6.50. The van der Waals surface area contributed by atoms with E-state index in [2.05, 4.69) is 10.3 Å². The van der Waals surface area contributed by atoms with Gasteiger partial charge in [0.2, 0.25) is 0 Å². The van der Waals surface area contributed by atoms with Gasteiger partial charge in [-0.15, -0.1) is 0 Å². The Hall–Kier alpha value is -1.58. The number of nitrogens with zero attached hydrogens (tertiary/aromatic N) is 1. The van der Waals surface area contributed by atoms with Gasteiger partial charge in [0.05, 0.1) is 6.54 Å². The molecule has 0 amide bonds. The molecule has 3 rings (SSSR count). The molecular weight excluding hydrogens is 229 g/mol. The van der Waals surface area contributed by atoms with Crippen molar-refractivity contribution in [3.63, 3.8) is 0 Å². The smallest absolute Gasteiger partial charge is 0.188 e. The third-order valence-corrected chi connectivity index (χ3v) is 3.77. The maximum atomic E-state index is 13.2. The van der Waals surface area contributed by atoms with Crippen molar-refractivity contribution in [1.29, 1.82) is 0 Å². The van der Waals surface area contributed by atoms with Crippen molar-refractivity contribution in [1.82, 2.24) is 5.32 Å². The van der Waals surface area contributed by atoms with Crippen molar-refractivity contribution >= 4 is 5.96 Å². The normalized spacial score (nSPS) is 21.7. The second kappa shape index (κ2) is 4.26. The Morgan fingerprint density at radius 1 is 1.44 bits per heavy atom. The van der Waals surface area contributed by atoms with E-state index in [4.69, 9.17) is 5.73 Å². The largest absolute Gasteiger partial charge is 0.370 e.